The predicted molar refractivity (Wildman–Crippen MR) is 40.8 cm³/mol. The maximum absolute atomic E-state index is 5.55. The van der Waals surface area contributed by atoms with E-state index in [-0.39, 0.29) is 0 Å². The molecular formula is C5H13N3S. The number of hydrazine groups is 1. The van der Waals surface area contributed by atoms with Crippen LogP contribution in [0.5, 0.6) is 0 Å². The second-order valence-corrected chi connectivity index (χ2v) is 3.03. The molecule has 0 aromatic carbocycles. The average molecular weight is 147 g/mol. The van der Waals surface area contributed by atoms with Crippen LogP contribution in [0, 0.1) is 0 Å². The van der Waals surface area contributed by atoms with Crippen LogP contribution in [0.25, 0.3) is 0 Å². The third kappa shape index (κ3) is 2.14. The van der Waals surface area contributed by atoms with Gasteiger partial charge in [0.2, 0.25) is 0 Å². The second kappa shape index (κ2) is 3.41. The normalized spacial score (nSPS) is 24.7. The summed E-state index contributed by atoms with van der Waals surface area (Å²) in [5, 5.41) is 1.87. The maximum Gasteiger partial charge on any atom is 0.0266 e. The maximum atomic E-state index is 5.55. The molecule has 1 aliphatic heterocycles. The van der Waals surface area contributed by atoms with E-state index >= 15 is 0 Å². The molecule has 1 rings (SSSR count). The summed E-state index contributed by atoms with van der Waals surface area (Å²) in [4.78, 5) is 0. The molecule has 4 heteroatoms. The van der Waals surface area contributed by atoms with Gasteiger partial charge >= 0.3 is 0 Å². The molecular weight excluding hydrogens is 134 g/mol. The van der Waals surface area contributed by atoms with Gasteiger partial charge in [-0.2, -0.15) is 0 Å². The van der Waals surface area contributed by atoms with E-state index in [0.29, 0.717) is 0 Å². The fourth-order valence-electron chi connectivity index (χ4n) is 0.886. The molecule has 54 valence electrons. The molecule has 1 fully saturated rings. The van der Waals surface area contributed by atoms with E-state index in [1.807, 2.05) is 5.01 Å². The van der Waals surface area contributed by atoms with Crippen LogP contribution in [0.15, 0.2) is 0 Å². The second-order valence-electron chi connectivity index (χ2n) is 2.15. The summed E-state index contributed by atoms with van der Waals surface area (Å²) in [5.74, 6) is 5.55. The van der Waals surface area contributed by atoms with Gasteiger partial charge in [0, 0.05) is 26.2 Å². The molecule has 0 unspecified atom stereocenters. The largest absolute Gasteiger partial charge is 0.269 e. The van der Waals surface area contributed by atoms with Gasteiger partial charge in [-0.25, -0.2) is 9.31 Å². The van der Waals surface area contributed by atoms with Gasteiger partial charge in [-0.3, -0.25) is 5.84 Å². The SMILES string of the molecule is CSN1CCN(N)CC1. The minimum Gasteiger partial charge on any atom is -0.269 e. The lowest BCUT2D eigenvalue weighted by Crippen LogP contribution is -2.46. The Labute approximate surface area is 60.3 Å². The van der Waals surface area contributed by atoms with Gasteiger partial charge in [-0.15, -0.1) is 0 Å². The summed E-state index contributed by atoms with van der Waals surface area (Å²) >= 11 is 1.80. The first-order valence-electron chi connectivity index (χ1n) is 3.11. The highest BCUT2D eigenvalue weighted by Crippen LogP contribution is 2.06. The van der Waals surface area contributed by atoms with Gasteiger partial charge in [-0.1, -0.05) is 11.9 Å². The van der Waals surface area contributed by atoms with Crippen LogP contribution in [0.3, 0.4) is 0 Å². The van der Waals surface area contributed by atoms with E-state index in [4.69, 9.17) is 5.84 Å². The van der Waals surface area contributed by atoms with Gasteiger partial charge in [0.25, 0.3) is 0 Å². The Morgan fingerprint density at radius 2 is 1.78 bits per heavy atom. The van der Waals surface area contributed by atoms with E-state index in [1.165, 1.54) is 0 Å². The zero-order valence-electron chi connectivity index (χ0n) is 5.71. The third-order valence-corrected chi connectivity index (χ3v) is 2.41. The van der Waals surface area contributed by atoms with Crippen molar-refractivity contribution >= 4 is 11.9 Å². The van der Waals surface area contributed by atoms with Crippen LogP contribution < -0.4 is 5.84 Å². The molecule has 9 heavy (non-hydrogen) atoms. The fraction of sp³-hybridized carbons (Fsp3) is 1.00. The van der Waals surface area contributed by atoms with Gasteiger partial charge in [-0.05, 0) is 6.26 Å². The molecule has 1 heterocycles. The van der Waals surface area contributed by atoms with Gasteiger partial charge < -0.3 is 0 Å². The number of hydrogen-bond donors (Lipinski definition) is 1. The van der Waals surface area contributed by atoms with E-state index < -0.39 is 0 Å². The molecule has 2 N–H and O–H groups in total. The zero-order valence-corrected chi connectivity index (χ0v) is 6.52. The Hall–Kier alpha value is 0.230. The van der Waals surface area contributed by atoms with Crippen LogP contribution in [-0.4, -0.2) is 41.7 Å². The number of rotatable bonds is 1. The minimum atomic E-state index is 1.00. The average Bonchev–Trinajstić information content (AvgIpc) is 1.90. The highest BCUT2D eigenvalue weighted by atomic mass is 32.2. The molecule has 3 nitrogen and oxygen atoms in total. The molecule has 0 spiro atoms. The molecule has 1 saturated heterocycles. The van der Waals surface area contributed by atoms with Crippen molar-refractivity contribution in [2.45, 2.75) is 0 Å². The number of piperazine rings is 1. The third-order valence-electron chi connectivity index (χ3n) is 1.53. The highest BCUT2D eigenvalue weighted by molar-refractivity contribution is 7.96. The van der Waals surface area contributed by atoms with Crippen LogP contribution >= 0.6 is 11.9 Å². The molecule has 0 saturated carbocycles. The van der Waals surface area contributed by atoms with Crippen LogP contribution in [0.1, 0.15) is 0 Å². The summed E-state index contributed by atoms with van der Waals surface area (Å²) in [6, 6.07) is 0. The Bertz CT molecular complexity index is 80.3. The Balaban J connectivity index is 2.18. The Kier molecular flexibility index (Phi) is 2.78. The van der Waals surface area contributed by atoms with Crippen LogP contribution in [0.2, 0.25) is 0 Å². The van der Waals surface area contributed by atoms with E-state index in [9.17, 15) is 0 Å². The standard InChI is InChI=1S/C5H13N3S/c1-9-8-4-2-7(6)3-5-8/h2-6H2,1H3. The molecule has 0 aromatic rings. The van der Waals surface area contributed by atoms with Gasteiger partial charge in [0.05, 0.1) is 0 Å². The van der Waals surface area contributed by atoms with Crippen LogP contribution in [-0.2, 0) is 0 Å². The Morgan fingerprint density at radius 1 is 1.22 bits per heavy atom. The number of nitrogens with two attached hydrogens (primary N) is 1. The van der Waals surface area contributed by atoms with Crippen molar-refractivity contribution in [1.82, 2.24) is 9.31 Å². The zero-order chi connectivity index (χ0) is 6.69. The van der Waals surface area contributed by atoms with E-state index in [2.05, 4.69) is 10.6 Å². The molecule has 0 amide bonds. The quantitative estimate of drug-likeness (QED) is 0.410. The highest BCUT2D eigenvalue weighted by Gasteiger charge is 2.11. The Morgan fingerprint density at radius 3 is 2.22 bits per heavy atom. The lowest BCUT2D eigenvalue weighted by atomic mass is 10.4. The topological polar surface area (TPSA) is 32.5 Å². The first kappa shape index (κ1) is 7.34. The lowest BCUT2D eigenvalue weighted by molar-refractivity contribution is 0.201. The van der Waals surface area contributed by atoms with Crippen molar-refractivity contribution < 1.29 is 0 Å². The number of nitrogens with zero attached hydrogens (tertiary/aromatic N) is 2. The molecule has 0 atom stereocenters. The molecule has 0 bridgehead atoms. The first-order chi connectivity index (χ1) is 4.33. The molecule has 1 aliphatic rings. The molecule has 0 aliphatic carbocycles. The van der Waals surface area contributed by atoms with E-state index in [0.717, 1.165) is 26.2 Å². The van der Waals surface area contributed by atoms with Crippen molar-refractivity contribution in [1.29, 1.82) is 0 Å². The molecule has 0 aromatic heterocycles. The lowest BCUT2D eigenvalue weighted by Gasteiger charge is -2.29. The number of hydrogen-bond acceptors (Lipinski definition) is 4. The van der Waals surface area contributed by atoms with Crippen molar-refractivity contribution in [3.05, 3.63) is 0 Å². The van der Waals surface area contributed by atoms with Crippen molar-refractivity contribution in [2.24, 2.45) is 5.84 Å². The summed E-state index contributed by atoms with van der Waals surface area (Å²) < 4.78 is 2.32. The minimum absolute atomic E-state index is 1.00. The fourth-order valence-corrected chi connectivity index (χ4v) is 1.41. The summed E-state index contributed by atoms with van der Waals surface area (Å²) in [5.41, 5.74) is 0. The predicted octanol–water partition coefficient (Wildman–Crippen LogP) is -0.244. The van der Waals surface area contributed by atoms with Gasteiger partial charge in [0.15, 0.2) is 0 Å². The van der Waals surface area contributed by atoms with E-state index in [1.54, 1.807) is 11.9 Å². The molecule has 0 radical (unpaired) electrons. The monoisotopic (exact) mass is 147 g/mol. The first-order valence-corrected chi connectivity index (χ1v) is 4.30. The van der Waals surface area contributed by atoms with Crippen molar-refractivity contribution in [3.8, 4) is 0 Å². The van der Waals surface area contributed by atoms with Crippen molar-refractivity contribution in [3.63, 3.8) is 0 Å². The summed E-state index contributed by atoms with van der Waals surface area (Å²) in [6.45, 7) is 4.19. The smallest absolute Gasteiger partial charge is 0.0266 e. The van der Waals surface area contributed by atoms with Gasteiger partial charge in [0.1, 0.15) is 0 Å². The van der Waals surface area contributed by atoms with Crippen LogP contribution in [0.4, 0.5) is 0 Å². The summed E-state index contributed by atoms with van der Waals surface area (Å²) in [7, 11) is 0. The summed E-state index contributed by atoms with van der Waals surface area (Å²) in [6.07, 6.45) is 2.10. The van der Waals surface area contributed by atoms with Crippen molar-refractivity contribution in [2.75, 3.05) is 32.4 Å².